The molecule has 0 unspecified atom stereocenters. The van der Waals surface area contributed by atoms with Crippen LogP contribution in [-0.2, 0) is 4.74 Å². The van der Waals surface area contributed by atoms with Crippen molar-refractivity contribution in [2.75, 3.05) is 18.6 Å². The molecule has 0 aliphatic carbocycles. The van der Waals surface area contributed by atoms with E-state index in [1.165, 1.54) is 0 Å². The zero-order valence-electron chi connectivity index (χ0n) is 4.70. The first-order valence-electron chi connectivity index (χ1n) is 2.61. The second-order valence-corrected chi connectivity index (χ2v) is 2.01. The molecular formula is C5H10Cl2O. The maximum atomic E-state index is 5.39. The van der Waals surface area contributed by atoms with Gasteiger partial charge in [-0.05, 0) is 12.8 Å². The van der Waals surface area contributed by atoms with Crippen LogP contribution in [0.15, 0.2) is 0 Å². The Labute approximate surface area is 59.9 Å². The highest BCUT2D eigenvalue weighted by atomic mass is 35.5. The smallest absolute Gasteiger partial charge is 0.120 e. The molecule has 0 N–H and O–H groups in total. The van der Waals surface area contributed by atoms with Gasteiger partial charge in [-0.1, -0.05) is 11.6 Å². The number of rotatable bonds is 5. The average Bonchev–Trinajstić information content (AvgIpc) is 1.81. The molecule has 50 valence electrons. The van der Waals surface area contributed by atoms with E-state index in [0.717, 1.165) is 19.4 Å². The molecule has 8 heavy (non-hydrogen) atoms. The predicted octanol–water partition coefficient (Wildman–Crippen LogP) is 2.22. The average molecular weight is 157 g/mol. The van der Waals surface area contributed by atoms with Gasteiger partial charge in [0.05, 0.1) is 0 Å². The summed E-state index contributed by atoms with van der Waals surface area (Å²) in [5.41, 5.74) is 0. The lowest BCUT2D eigenvalue weighted by atomic mass is 10.4. The van der Waals surface area contributed by atoms with Crippen molar-refractivity contribution in [2.45, 2.75) is 12.8 Å². The molecule has 0 saturated carbocycles. The SMILES string of the molecule is ClCCCCOCCl. The molecule has 0 aromatic carbocycles. The molecule has 0 spiro atoms. The number of halogens is 2. The Bertz CT molecular complexity index is 35.4. The first-order chi connectivity index (χ1) is 3.91. The molecule has 0 aromatic heterocycles. The van der Waals surface area contributed by atoms with Crippen molar-refractivity contribution in [2.24, 2.45) is 0 Å². The number of hydrogen-bond acceptors (Lipinski definition) is 1. The molecular weight excluding hydrogens is 147 g/mol. The van der Waals surface area contributed by atoms with Gasteiger partial charge in [-0.2, -0.15) is 0 Å². The molecule has 1 nitrogen and oxygen atoms in total. The van der Waals surface area contributed by atoms with Crippen molar-refractivity contribution in [3.63, 3.8) is 0 Å². The van der Waals surface area contributed by atoms with Crippen LogP contribution in [0, 0.1) is 0 Å². The highest BCUT2D eigenvalue weighted by Gasteiger charge is 1.84. The molecule has 0 bridgehead atoms. The monoisotopic (exact) mass is 156 g/mol. The summed E-state index contributed by atoms with van der Waals surface area (Å²) in [6.07, 6.45) is 2.02. The van der Waals surface area contributed by atoms with Gasteiger partial charge in [0.1, 0.15) is 6.07 Å². The Balaban J connectivity index is 2.53. The molecule has 0 fully saturated rings. The first kappa shape index (κ1) is 8.54. The van der Waals surface area contributed by atoms with Crippen LogP contribution in [0.5, 0.6) is 0 Å². The minimum Gasteiger partial charge on any atom is -0.366 e. The molecule has 0 aliphatic rings. The Morgan fingerprint density at radius 3 is 2.38 bits per heavy atom. The second-order valence-electron chi connectivity index (χ2n) is 1.41. The van der Waals surface area contributed by atoms with E-state index in [2.05, 4.69) is 0 Å². The van der Waals surface area contributed by atoms with Crippen LogP contribution >= 0.6 is 23.2 Å². The van der Waals surface area contributed by atoms with Crippen LogP contribution in [-0.4, -0.2) is 18.6 Å². The van der Waals surface area contributed by atoms with Crippen molar-refractivity contribution < 1.29 is 4.74 Å². The Morgan fingerprint density at radius 1 is 1.12 bits per heavy atom. The van der Waals surface area contributed by atoms with Crippen LogP contribution in [0.25, 0.3) is 0 Å². The maximum absolute atomic E-state index is 5.39. The largest absolute Gasteiger partial charge is 0.366 e. The molecule has 0 rings (SSSR count). The third kappa shape index (κ3) is 6.54. The zero-order valence-corrected chi connectivity index (χ0v) is 6.21. The van der Waals surface area contributed by atoms with Gasteiger partial charge in [0.15, 0.2) is 0 Å². The molecule has 3 heteroatoms. The van der Waals surface area contributed by atoms with E-state index in [1.54, 1.807) is 0 Å². The third-order valence-corrected chi connectivity index (χ3v) is 1.17. The van der Waals surface area contributed by atoms with E-state index in [0.29, 0.717) is 11.9 Å². The minimum atomic E-state index is 0.294. The zero-order chi connectivity index (χ0) is 6.24. The fourth-order valence-corrected chi connectivity index (χ4v) is 0.651. The van der Waals surface area contributed by atoms with Crippen molar-refractivity contribution >= 4 is 23.2 Å². The summed E-state index contributed by atoms with van der Waals surface area (Å²) < 4.78 is 4.84. The van der Waals surface area contributed by atoms with Crippen LogP contribution in [0.3, 0.4) is 0 Å². The predicted molar refractivity (Wildman–Crippen MR) is 36.6 cm³/mol. The normalized spacial score (nSPS) is 9.75. The lowest BCUT2D eigenvalue weighted by molar-refractivity contribution is 0.175. The van der Waals surface area contributed by atoms with Crippen LogP contribution < -0.4 is 0 Å². The fraction of sp³-hybridized carbons (Fsp3) is 1.00. The summed E-state index contributed by atoms with van der Waals surface area (Å²) in [6.45, 7) is 0.732. The Morgan fingerprint density at radius 2 is 1.88 bits per heavy atom. The number of alkyl halides is 2. The van der Waals surface area contributed by atoms with Gasteiger partial charge in [-0.3, -0.25) is 0 Å². The Hall–Kier alpha value is 0.540. The van der Waals surface area contributed by atoms with Crippen molar-refractivity contribution in [1.29, 1.82) is 0 Å². The number of ether oxygens (including phenoxy) is 1. The summed E-state index contributed by atoms with van der Waals surface area (Å²) in [5, 5.41) is 0. The van der Waals surface area contributed by atoms with Gasteiger partial charge < -0.3 is 4.74 Å². The van der Waals surface area contributed by atoms with Gasteiger partial charge >= 0.3 is 0 Å². The highest BCUT2D eigenvalue weighted by Crippen LogP contribution is 1.92. The minimum absolute atomic E-state index is 0.294. The maximum Gasteiger partial charge on any atom is 0.120 e. The molecule has 0 heterocycles. The summed E-state index contributed by atoms with van der Waals surface area (Å²) >= 11 is 10.6. The Kier molecular flexibility index (Phi) is 8.05. The van der Waals surface area contributed by atoms with E-state index in [4.69, 9.17) is 27.9 Å². The van der Waals surface area contributed by atoms with E-state index < -0.39 is 0 Å². The van der Waals surface area contributed by atoms with E-state index in [-0.39, 0.29) is 0 Å². The lowest BCUT2D eigenvalue weighted by Gasteiger charge is -1.95. The van der Waals surface area contributed by atoms with Crippen molar-refractivity contribution in [1.82, 2.24) is 0 Å². The molecule has 0 atom stereocenters. The molecule has 0 aromatic rings. The summed E-state index contributed by atoms with van der Waals surface area (Å²) in [4.78, 5) is 0. The first-order valence-corrected chi connectivity index (χ1v) is 3.68. The third-order valence-electron chi connectivity index (χ3n) is 0.749. The van der Waals surface area contributed by atoms with Gasteiger partial charge in [-0.15, -0.1) is 11.6 Å². The topological polar surface area (TPSA) is 9.23 Å². The van der Waals surface area contributed by atoms with Crippen LogP contribution in [0.2, 0.25) is 0 Å². The van der Waals surface area contributed by atoms with Gasteiger partial charge in [0.25, 0.3) is 0 Å². The van der Waals surface area contributed by atoms with Gasteiger partial charge in [0.2, 0.25) is 0 Å². The summed E-state index contributed by atoms with van der Waals surface area (Å²) in [6, 6.07) is 0.294. The number of hydrogen-bond donors (Lipinski definition) is 0. The van der Waals surface area contributed by atoms with Gasteiger partial charge in [-0.25, -0.2) is 0 Å². The van der Waals surface area contributed by atoms with Crippen LogP contribution in [0.4, 0.5) is 0 Å². The van der Waals surface area contributed by atoms with Crippen molar-refractivity contribution in [3.8, 4) is 0 Å². The standard InChI is InChI=1S/C5H10Cl2O/c6-3-1-2-4-8-5-7/h1-5H2. The van der Waals surface area contributed by atoms with Crippen LogP contribution in [0.1, 0.15) is 12.8 Å². The molecule has 0 saturated heterocycles. The van der Waals surface area contributed by atoms with Gasteiger partial charge in [0, 0.05) is 12.5 Å². The molecule has 0 radical (unpaired) electrons. The summed E-state index contributed by atoms with van der Waals surface area (Å²) in [7, 11) is 0. The summed E-state index contributed by atoms with van der Waals surface area (Å²) in [5.74, 6) is 0.714. The van der Waals surface area contributed by atoms with E-state index >= 15 is 0 Å². The molecule has 0 aliphatic heterocycles. The van der Waals surface area contributed by atoms with E-state index in [9.17, 15) is 0 Å². The highest BCUT2D eigenvalue weighted by molar-refractivity contribution is 6.17. The molecule has 0 amide bonds. The number of unbranched alkanes of at least 4 members (excludes halogenated alkanes) is 1. The second kappa shape index (κ2) is 7.54. The quantitative estimate of drug-likeness (QED) is 0.439. The lowest BCUT2D eigenvalue weighted by Crippen LogP contribution is -1.91. The fourth-order valence-electron chi connectivity index (χ4n) is 0.353. The van der Waals surface area contributed by atoms with Crippen molar-refractivity contribution in [3.05, 3.63) is 0 Å². The van der Waals surface area contributed by atoms with E-state index in [1.807, 2.05) is 0 Å².